The van der Waals surface area contributed by atoms with Crippen LogP contribution in [0.2, 0.25) is 0 Å². The molecule has 1 aromatic rings. The van der Waals surface area contributed by atoms with Crippen molar-refractivity contribution in [1.82, 2.24) is 4.90 Å². The molecule has 1 aromatic carbocycles. The summed E-state index contributed by atoms with van der Waals surface area (Å²) in [5, 5.41) is 0. The summed E-state index contributed by atoms with van der Waals surface area (Å²) in [6.07, 6.45) is 0. The van der Waals surface area contributed by atoms with E-state index in [0.29, 0.717) is 12.6 Å². The minimum atomic E-state index is 0.217. The van der Waals surface area contributed by atoms with Crippen molar-refractivity contribution in [2.24, 2.45) is 5.73 Å². The zero-order valence-electron chi connectivity index (χ0n) is 12.5. The van der Waals surface area contributed by atoms with Crippen LogP contribution in [0.25, 0.3) is 0 Å². The first-order valence-corrected chi connectivity index (χ1v) is 8.11. The lowest BCUT2D eigenvalue weighted by molar-refractivity contribution is 0.165. The van der Waals surface area contributed by atoms with Gasteiger partial charge in [-0.15, -0.1) is 0 Å². The van der Waals surface area contributed by atoms with Crippen LogP contribution in [0, 0.1) is 0 Å². The van der Waals surface area contributed by atoms with E-state index in [-0.39, 0.29) is 6.04 Å². The highest BCUT2D eigenvalue weighted by molar-refractivity contribution is 7.99. The van der Waals surface area contributed by atoms with E-state index in [1.165, 1.54) is 11.3 Å². The second-order valence-corrected chi connectivity index (χ2v) is 6.21. The Labute approximate surface area is 125 Å². The quantitative estimate of drug-likeness (QED) is 0.902. The number of methoxy groups -OCH3 is 2. The van der Waals surface area contributed by atoms with Gasteiger partial charge in [0.05, 0.1) is 14.2 Å². The van der Waals surface area contributed by atoms with Crippen molar-refractivity contribution in [2.45, 2.75) is 19.0 Å². The van der Waals surface area contributed by atoms with Crippen molar-refractivity contribution in [3.05, 3.63) is 23.8 Å². The lowest BCUT2D eigenvalue weighted by Crippen LogP contribution is -2.45. The fourth-order valence-electron chi connectivity index (χ4n) is 2.69. The number of rotatable bonds is 5. The van der Waals surface area contributed by atoms with Gasteiger partial charge in [0, 0.05) is 42.7 Å². The zero-order valence-corrected chi connectivity index (χ0v) is 13.3. The van der Waals surface area contributed by atoms with Crippen molar-refractivity contribution in [3.63, 3.8) is 0 Å². The van der Waals surface area contributed by atoms with Crippen LogP contribution in [0.1, 0.15) is 18.5 Å². The van der Waals surface area contributed by atoms with E-state index in [1.54, 1.807) is 14.2 Å². The van der Waals surface area contributed by atoms with E-state index in [0.717, 1.165) is 23.8 Å². The molecule has 2 atom stereocenters. The van der Waals surface area contributed by atoms with Crippen LogP contribution in [0.15, 0.2) is 18.2 Å². The Morgan fingerprint density at radius 1 is 1.30 bits per heavy atom. The van der Waals surface area contributed by atoms with Gasteiger partial charge in [0.1, 0.15) is 11.5 Å². The Hall–Kier alpha value is -0.910. The van der Waals surface area contributed by atoms with Crippen molar-refractivity contribution < 1.29 is 9.47 Å². The Balaban J connectivity index is 2.30. The maximum absolute atomic E-state index is 6.05. The number of hydrogen-bond donors (Lipinski definition) is 1. The predicted molar refractivity (Wildman–Crippen MR) is 84.8 cm³/mol. The molecule has 1 aliphatic heterocycles. The molecule has 20 heavy (non-hydrogen) atoms. The summed E-state index contributed by atoms with van der Waals surface area (Å²) >= 11 is 2.01. The van der Waals surface area contributed by atoms with Crippen LogP contribution in [0.5, 0.6) is 11.5 Å². The fraction of sp³-hybridized carbons (Fsp3) is 0.600. The molecule has 2 rings (SSSR count). The largest absolute Gasteiger partial charge is 0.497 e. The summed E-state index contributed by atoms with van der Waals surface area (Å²) in [6.45, 7) is 3.95. The second kappa shape index (κ2) is 7.20. The molecule has 4 nitrogen and oxygen atoms in total. The molecule has 0 amide bonds. The molecule has 0 radical (unpaired) electrons. The van der Waals surface area contributed by atoms with Gasteiger partial charge in [0.25, 0.3) is 0 Å². The summed E-state index contributed by atoms with van der Waals surface area (Å²) < 4.78 is 10.7. The monoisotopic (exact) mass is 296 g/mol. The third-order valence-corrected chi connectivity index (χ3v) is 4.99. The third-order valence-electron chi connectivity index (χ3n) is 3.80. The molecule has 1 fully saturated rings. The van der Waals surface area contributed by atoms with Crippen LogP contribution >= 0.6 is 11.8 Å². The summed E-state index contributed by atoms with van der Waals surface area (Å²) in [5.41, 5.74) is 7.22. The molecule has 0 aromatic heterocycles. The lowest BCUT2D eigenvalue weighted by atomic mass is 10.0. The first-order chi connectivity index (χ1) is 9.69. The number of nitrogens with two attached hydrogens (primary N) is 1. The fourth-order valence-corrected chi connectivity index (χ4v) is 3.73. The van der Waals surface area contributed by atoms with Gasteiger partial charge in [-0.3, -0.25) is 4.90 Å². The van der Waals surface area contributed by atoms with E-state index in [9.17, 15) is 0 Å². The molecule has 112 valence electrons. The van der Waals surface area contributed by atoms with Gasteiger partial charge in [0.2, 0.25) is 0 Å². The minimum Gasteiger partial charge on any atom is -0.497 e. The molecular weight excluding hydrogens is 272 g/mol. The van der Waals surface area contributed by atoms with Gasteiger partial charge in [-0.1, -0.05) is 0 Å². The van der Waals surface area contributed by atoms with Gasteiger partial charge < -0.3 is 15.2 Å². The summed E-state index contributed by atoms with van der Waals surface area (Å²) in [6, 6.07) is 6.78. The smallest absolute Gasteiger partial charge is 0.122 e. The molecule has 2 unspecified atom stereocenters. The maximum atomic E-state index is 6.05. The van der Waals surface area contributed by atoms with Gasteiger partial charge in [-0.2, -0.15) is 11.8 Å². The molecule has 0 aliphatic carbocycles. The maximum Gasteiger partial charge on any atom is 0.122 e. The van der Waals surface area contributed by atoms with E-state index in [1.807, 2.05) is 17.8 Å². The van der Waals surface area contributed by atoms with Gasteiger partial charge in [-0.25, -0.2) is 0 Å². The molecule has 0 saturated carbocycles. The van der Waals surface area contributed by atoms with Crippen molar-refractivity contribution in [1.29, 1.82) is 0 Å². The number of benzene rings is 1. The SMILES string of the molecule is COc1cc(OC)cc(C(CN)N2CCSCC2C)c1. The van der Waals surface area contributed by atoms with Gasteiger partial charge in [-0.05, 0) is 24.6 Å². The van der Waals surface area contributed by atoms with Crippen molar-refractivity contribution in [3.8, 4) is 11.5 Å². The highest BCUT2D eigenvalue weighted by Crippen LogP contribution is 2.32. The Kier molecular flexibility index (Phi) is 5.57. The van der Waals surface area contributed by atoms with Crippen molar-refractivity contribution in [2.75, 3.05) is 38.8 Å². The zero-order chi connectivity index (χ0) is 14.5. The van der Waals surface area contributed by atoms with E-state index < -0.39 is 0 Å². The molecule has 0 spiro atoms. The normalized spacial score (nSPS) is 21.5. The topological polar surface area (TPSA) is 47.7 Å². The van der Waals surface area contributed by atoms with Crippen LogP contribution in [0.3, 0.4) is 0 Å². The van der Waals surface area contributed by atoms with Crippen LogP contribution < -0.4 is 15.2 Å². The second-order valence-electron chi connectivity index (χ2n) is 5.06. The van der Waals surface area contributed by atoms with Crippen LogP contribution in [0.4, 0.5) is 0 Å². The van der Waals surface area contributed by atoms with E-state index >= 15 is 0 Å². The molecule has 0 bridgehead atoms. The summed E-state index contributed by atoms with van der Waals surface area (Å²) in [7, 11) is 3.35. The Bertz CT molecular complexity index is 420. The summed E-state index contributed by atoms with van der Waals surface area (Å²) in [5.74, 6) is 3.97. The highest BCUT2D eigenvalue weighted by Gasteiger charge is 2.27. The average molecular weight is 296 g/mol. The molecule has 5 heteroatoms. The molecule has 2 N–H and O–H groups in total. The number of thioether (sulfide) groups is 1. The van der Waals surface area contributed by atoms with E-state index in [2.05, 4.69) is 24.0 Å². The Morgan fingerprint density at radius 2 is 1.95 bits per heavy atom. The number of hydrogen-bond acceptors (Lipinski definition) is 5. The number of ether oxygens (including phenoxy) is 2. The van der Waals surface area contributed by atoms with Crippen LogP contribution in [-0.4, -0.2) is 49.8 Å². The third kappa shape index (κ3) is 3.40. The number of nitrogens with zero attached hydrogens (tertiary/aromatic N) is 1. The summed E-state index contributed by atoms with van der Waals surface area (Å²) in [4.78, 5) is 2.49. The van der Waals surface area contributed by atoms with Gasteiger partial charge in [0.15, 0.2) is 0 Å². The van der Waals surface area contributed by atoms with Crippen LogP contribution in [-0.2, 0) is 0 Å². The molecular formula is C15H24N2O2S. The Morgan fingerprint density at radius 3 is 2.45 bits per heavy atom. The average Bonchev–Trinajstić information content (AvgIpc) is 2.49. The van der Waals surface area contributed by atoms with Gasteiger partial charge >= 0.3 is 0 Å². The predicted octanol–water partition coefficient (Wildman–Crippen LogP) is 2.14. The lowest BCUT2D eigenvalue weighted by Gasteiger charge is -2.39. The molecule has 1 saturated heterocycles. The standard InChI is InChI=1S/C15H24N2O2S/c1-11-10-20-5-4-17(11)15(9-16)12-6-13(18-2)8-14(7-12)19-3/h6-8,11,15H,4-5,9-10,16H2,1-3H3. The van der Waals surface area contributed by atoms with E-state index in [4.69, 9.17) is 15.2 Å². The minimum absolute atomic E-state index is 0.217. The molecule has 1 aliphatic rings. The molecule has 1 heterocycles. The van der Waals surface area contributed by atoms with Crippen molar-refractivity contribution >= 4 is 11.8 Å². The highest BCUT2D eigenvalue weighted by atomic mass is 32.2. The first-order valence-electron chi connectivity index (χ1n) is 6.96. The first kappa shape index (κ1) is 15.5.